The van der Waals surface area contributed by atoms with Crippen LogP contribution in [0.25, 0.3) is 16.0 Å². The Hall–Kier alpha value is -2.31. The molecule has 3 rings (SSSR count). The summed E-state index contributed by atoms with van der Waals surface area (Å²) in [5.41, 5.74) is 1.87. The average Bonchev–Trinajstić information content (AvgIpc) is 3.21. The normalized spacial score (nSPS) is 11.0. The summed E-state index contributed by atoms with van der Waals surface area (Å²) in [6.45, 7) is 2.46. The number of pyridine rings is 1. The van der Waals surface area contributed by atoms with Gasteiger partial charge < -0.3 is 5.32 Å². The number of hydrogen-bond donors (Lipinski definition) is 1. The number of amides is 1. The van der Waals surface area contributed by atoms with Gasteiger partial charge >= 0.3 is 0 Å². The smallest absolute Gasteiger partial charge is 0.244 e. The van der Waals surface area contributed by atoms with Crippen LogP contribution < -0.4 is 5.32 Å². The van der Waals surface area contributed by atoms with E-state index in [4.69, 9.17) is 0 Å². The van der Waals surface area contributed by atoms with Crippen LogP contribution in [0.15, 0.2) is 48.1 Å². The van der Waals surface area contributed by atoms with Crippen molar-refractivity contribution in [3.63, 3.8) is 0 Å². The summed E-state index contributed by atoms with van der Waals surface area (Å²) in [7, 11) is 0. The molecule has 0 atom stereocenters. The first kappa shape index (κ1) is 15.6. The topological polar surface area (TPSA) is 54.9 Å². The van der Waals surface area contributed by atoms with Crippen LogP contribution in [0.3, 0.4) is 0 Å². The molecule has 0 aliphatic rings. The van der Waals surface area contributed by atoms with E-state index in [1.165, 1.54) is 6.08 Å². The summed E-state index contributed by atoms with van der Waals surface area (Å²) in [4.78, 5) is 22.7. The van der Waals surface area contributed by atoms with Gasteiger partial charge in [-0.25, -0.2) is 4.98 Å². The first-order valence-electron chi connectivity index (χ1n) is 7.08. The molecule has 0 aromatic carbocycles. The van der Waals surface area contributed by atoms with Crippen LogP contribution >= 0.6 is 22.7 Å². The van der Waals surface area contributed by atoms with Crippen molar-refractivity contribution in [3.8, 4) is 9.88 Å². The number of nitrogens with one attached hydrogen (secondary N) is 1. The van der Waals surface area contributed by atoms with E-state index >= 15 is 0 Å². The van der Waals surface area contributed by atoms with Gasteiger partial charge in [-0.3, -0.25) is 9.78 Å². The Balaban J connectivity index is 1.60. The van der Waals surface area contributed by atoms with Gasteiger partial charge in [-0.2, -0.15) is 0 Å². The van der Waals surface area contributed by atoms with Crippen LogP contribution in [0.1, 0.15) is 16.1 Å². The van der Waals surface area contributed by atoms with Crippen molar-refractivity contribution >= 4 is 34.7 Å². The lowest BCUT2D eigenvalue weighted by Crippen LogP contribution is -2.20. The van der Waals surface area contributed by atoms with E-state index in [0.29, 0.717) is 6.54 Å². The third-order valence-corrected chi connectivity index (χ3v) is 5.36. The SMILES string of the molecule is Cc1nc(-c2cccs2)sc1CNC(=O)C=Cc1cccnc1. The Bertz CT molecular complexity index is 808. The highest BCUT2D eigenvalue weighted by atomic mass is 32.1. The van der Waals surface area contributed by atoms with Crippen molar-refractivity contribution in [2.45, 2.75) is 13.5 Å². The lowest BCUT2D eigenvalue weighted by Gasteiger charge is -2.00. The molecule has 0 bridgehead atoms. The number of aryl methyl sites for hydroxylation is 1. The first-order chi connectivity index (χ1) is 11.2. The van der Waals surface area contributed by atoms with Crippen LogP contribution in [0.5, 0.6) is 0 Å². The minimum atomic E-state index is -0.126. The molecular weight excluding hydrogens is 326 g/mol. The fourth-order valence-electron chi connectivity index (χ4n) is 1.97. The molecule has 0 unspecified atom stereocenters. The van der Waals surface area contributed by atoms with Crippen LogP contribution in [0.2, 0.25) is 0 Å². The van der Waals surface area contributed by atoms with Crippen molar-refractivity contribution in [1.29, 1.82) is 0 Å². The molecule has 4 nitrogen and oxygen atoms in total. The Kier molecular flexibility index (Phi) is 4.95. The second kappa shape index (κ2) is 7.30. The van der Waals surface area contributed by atoms with Gasteiger partial charge in [-0.05, 0) is 36.1 Å². The summed E-state index contributed by atoms with van der Waals surface area (Å²) in [6, 6.07) is 7.81. The second-order valence-electron chi connectivity index (χ2n) is 4.84. The number of hydrogen-bond acceptors (Lipinski definition) is 5. The first-order valence-corrected chi connectivity index (χ1v) is 8.78. The van der Waals surface area contributed by atoms with E-state index < -0.39 is 0 Å². The Morgan fingerprint density at radius 1 is 1.35 bits per heavy atom. The summed E-state index contributed by atoms with van der Waals surface area (Å²) in [6.07, 6.45) is 6.69. The molecule has 1 amide bonds. The number of carbonyl (C=O) groups is 1. The molecule has 0 saturated heterocycles. The number of aromatic nitrogens is 2. The van der Waals surface area contributed by atoms with Crippen molar-refractivity contribution in [3.05, 3.63) is 64.2 Å². The van der Waals surface area contributed by atoms with Gasteiger partial charge in [0.05, 0.1) is 17.1 Å². The van der Waals surface area contributed by atoms with Gasteiger partial charge in [0, 0.05) is 23.3 Å². The fraction of sp³-hybridized carbons (Fsp3) is 0.118. The van der Waals surface area contributed by atoms with Crippen molar-refractivity contribution in [2.24, 2.45) is 0 Å². The molecule has 0 radical (unpaired) electrons. The summed E-state index contributed by atoms with van der Waals surface area (Å²) < 4.78 is 0. The lowest BCUT2D eigenvalue weighted by atomic mass is 10.2. The van der Waals surface area contributed by atoms with Crippen LogP contribution in [0.4, 0.5) is 0 Å². The summed E-state index contributed by atoms with van der Waals surface area (Å²) >= 11 is 3.30. The van der Waals surface area contributed by atoms with Crippen molar-refractivity contribution in [1.82, 2.24) is 15.3 Å². The molecule has 23 heavy (non-hydrogen) atoms. The minimum absolute atomic E-state index is 0.126. The van der Waals surface area contributed by atoms with Gasteiger partial charge in [0.25, 0.3) is 0 Å². The number of nitrogens with zero attached hydrogens (tertiary/aromatic N) is 2. The molecule has 0 saturated carbocycles. The highest BCUT2D eigenvalue weighted by Crippen LogP contribution is 2.30. The van der Waals surface area contributed by atoms with Crippen LogP contribution in [-0.2, 0) is 11.3 Å². The largest absolute Gasteiger partial charge is 0.348 e. The quantitative estimate of drug-likeness (QED) is 0.716. The number of thiophene rings is 1. The number of rotatable bonds is 5. The molecule has 0 fully saturated rings. The number of thiazole rings is 1. The van der Waals surface area contributed by atoms with E-state index in [0.717, 1.165) is 26.0 Å². The predicted octanol–water partition coefficient (Wildman–Crippen LogP) is 3.90. The number of carbonyl (C=O) groups excluding carboxylic acids is 1. The van der Waals surface area contributed by atoms with E-state index in [-0.39, 0.29) is 5.91 Å². The molecule has 3 heterocycles. The molecular formula is C17H15N3OS2. The van der Waals surface area contributed by atoms with E-state index in [2.05, 4.69) is 21.4 Å². The van der Waals surface area contributed by atoms with Gasteiger partial charge in [0.1, 0.15) is 5.01 Å². The van der Waals surface area contributed by atoms with Gasteiger partial charge in [-0.1, -0.05) is 12.1 Å². The Labute approximate surface area is 142 Å². The van der Waals surface area contributed by atoms with Crippen LogP contribution in [-0.4, -0.2) is 15.9 Å². The van der Waals surface area contributed by atoms with E-state index in [1.807, 2.05) is 30.5 Å². The zero-order valence-corrected chi connectivity index (χ0v) is 14.2. The maximum Gasteiger partial charge on any atom is 0.244 e. The maximum absolute atomic E-state index is 11.9. The molecule has 6 heteroatoms. The predicted molar refractivity (Wildman–Crippen MR) is 95.3 cm³/mol. The minimum Gasteiger partial charge on any atom is -0.348 e. The van der Waals surface area contributed by atoms with Crippen molar-refractivity contribution < 1.29 is 4.79 Å². The molecule has 1 N–H and O–H groups in total. The highest BCUT2D eigenvalue weighted by molar-refractivity contribution is 7.21. The highest BCUT2D eigenvalue weighted by Gasteiger charge is 2.10. The third kappa shape index (κ3) is 4.12. The Morgan fingerprint density at radius 2 is 2.26 bits per heavy atom. The molecule has 3 aromatic rings. The summed E-state index contributed by atoms with van der Waals surface area (Å²) in [5.74, 6) is -0.126. The summed E-state index contributed by atoms with van der Waals surface area (Å²) in [5, 5.41) is 5.94. The molecule has 3 aromatic heterocycles. The average molecular weight is 341 g/mol. The molecule has 116 valence electrons. The van der Waals surface area contributed by atoms with Gasteiger partial charge in [0.2, 0.25) is 5.91 Å². The molecule has 0 aliphatic heterocycles. The Morgan fingerprint density at radius 3 is 3.00 bits per heavy atom. The second-order valence-corrected chi connectivity index (χ2v) is 6.87. The monoisotopic (exact) mass is 341 g/mol. The van der Waals surface area contributed by atoms with Gasteiger partial charge in [-0.15, -0.1) is 22.7 Å². The molecule has 0 spiro atoms. The third-order valence-electron chi connectivity index (χ3n) is 3.16. The van der Waals surface area contributed by atoms with E-state index in [1.54, 1.807) is 41.1 Å². The van der Waals surface area contributed by atoms with E-state index in [9.17, 15) is 4.79 Å². The maximum atomic E-state index is 11.9. The van der Waals surface area contributed by atoms with Crippen molar-refractivity contribution in [2.75, 3.05) is 0 Å². The zero-order chi connectivity index (χ0) is 16.1. The fourth-order valence-corrected chi connectivity index (χ4v) is 3.77. The lowest BCUT2D eigenvalue weighted by molar-refractivity contribution is -0.116. The standard InChI is InChI=1S/C17H15N3OS2/c1-12-15(23-17(20-12)14-5-3-9-22-14)11-19-16(21)7-6-13-4-2-8-18-10-13/h2-10H,11H2,1H3,(H,19,21). The van der Waals surface area contributed by atoms with Gasteiger partial charge in [0.15, 0.2) is 0 Å². The zero-order valence-electron chi connectivity index (χ0n) is 12.5. The molecule has 0 aliphatic carbocycles. The van der Waals surface area contributed by atoms with Crippen LogP contribution in [0, 0.1) is 6.92 Å².